The number of hydrogen-bond acceptors (Lipinski definition) is 3. The van der Waals surface area contributed by atoms with Gasteiger partial charge >= 0.3 is 0 Å². The standard InChI is InChI=1S/C20H27N3O3S/c1-4-23(5-2)27(25,26)19-13-11-17(12-14-19)16(3)21-15-20(24)22-18-9-7-6-8-10-18/h6-14,16,21H,4-5,15H2,1-3H3,(H,22,24)/p+1/t16-/m1/s1. The molecule has 0 aliphatic carbocycles. The normalized spacial score (nSPS) is 12.7. The first-order chi connectivity index (χ1) is 12.9. The SMILES string of the molecule is CCN(CC)S(=O)(=O)c1ccc([C@@H](C)[NH2+]CC(=O)Nc2ccccc2)cc1. The molecule has 2 aromatic carbocycles. The van der Waals surface area contributed by atoms with Crippen LogP contribution in [0.3, 0.4) is 0 Å². The largest absolute Gasteiger partial charge is 0.333 e. The molecular formula is C20H28N3O3S+. The smallest absolute Gasteiger partial charge is 0.279 e. The molecule has 0 fully saturated rings. The second kappa shape index (κ2) is 9.64. The molecule has 0 unspecified atom stereocenters. The summed E-state index contributed by atoms with van der Waals surface area (Å²) in [5.41, 5.74) is 1.75. The van der Waals surface area contributed by atoms with E-state index in [0.29, 0.717) is 18.0 Å². The van der Waals surface area contributed by atoms with Crippen LogP contribution < -0.4 is 10.6 Å². The lowest BCUT2D eigenvalue weighted by Crippen LogP contribution is -2.86. The van der Waals surface area contributed by atoms with Crippen LogP contribution in [-0.4, -0.2) is 38.3 Å². The number of nitrogens with zero attached hydrogens (tertiary/aromatic N) is 1. The molecule has 0 saturated heterocycles. The first kappa shape index (κ1) is 21.1. The molecule has 0 aliphatic rings. The minimum atomic E-state index is -3.44. The van der Waals surface area contributed by atoms with E-state index in [1.165, 1.54) is 4.31 Å². The molecule has 6 nitrogen and oxygen atoms in total. The summed E-state index contributed by atoms with van der Waals surface area (Å²) >= 11 is 0. The Morgan fingerprint density at radius 1 is 1.04 bits per heavy atom. The Labute approximate surface area is 161 Å². The number of nitrogens with two attached hydrogens (primary N) is 1. The first-order valence-corrected chi connectivity index (χ1v) is 10.6. The third-order valence-electron chi connectivity index (χ3n) is 4.46. The zero-order valence-corrected chi connectivity index (χ0v) is 16.9. The van der Waals surface area contributed by atoms with Gasteiger partial charge < -0.3 is 10.6 Å². The van der Waals surface area contributed by atoms with Gasteiger partial charge in [0.05, 0.1) is 4.90 Å². The molecule has 0 radical (unpaired) electrons. The zero-order chi connectivity index (χ0) is 19.9. The first-order valence-electron chi connectivity index (χ1n) is 9.16. The lowest BCUT2D eigenvalue weighted by atomic mass is 10.1. The van der Waals surface area contributed by atoms with Crippen molar-refractivity contribution >= 4 is 21.6 Å². The summed E-state index contributed by atoms with van der Waals surface area (Å²) in [6.07, 6.45) is 0. The highest BCUT2D eigenvalue weighted by Crippen LogP contribution is 2.18. The minimum Gasteiger partial charge on any atom is -0.333 e. The van der Waals surface area contributed by atoms with Crippen LogP contribution in [0.1, 0.15) is 32.4 Å². The predicted molar refractivity (Wildman–Crippen MR) is 107 cm³/mol. The van der Waals surface area contributed by atoms with Crippen LogP contribution in [0.4, 0.5) is 5.69 Å². The van der Waals surface area contributed by atoms with Crippen molar-refractivity contribution in [1.82, 2.24) is 4.31 Å². The highest BCUT2D eigenvalue weighted by molar-refractivity contribution is 7.89. The molecule has 0 aromatic heterocycles. The molecule has 2 rings (SSSR count). The topological polar surface area (TPSA) is 83.1 Å². The number of benzene rings is 2. The van der Waals surface area contributed by atoms with Crippen molar-refractivity contribution in [1.29, 1.82) is 0 Å². The quantitative estimate of drug-likeness (QED) is 0.687. The average molecular weight is 391 g/mol. The van der Waals surface area contributed by atoms with Crippen LogP contribution in [0.5, 0.6) is 0 Å². The highest BCUT2D eigenvalue weighted by atomic mass is 32.2. The van der Waals surface area contributed by atoms with Gasteiger partial charge in [0.1, 0.15) is 6.04 Å². The fourth-order valence-electron chi connectivity index (χ4n) is 2.81. The highest BCUT2D eigenvalue weighted by Gasteiger charge is 2.22. The number of rotatable bonds is 9. The Hall–Kier alpha value is -2.22. The Balaban J connectivity index is 1.95. The Morgan fingerprint density at radius 3 is 2.19 bits per heavy atom. The van der Waals surface area contributed by atoms with Crippen molar-refractivity contribution in [2.24, 2.45) is 0 Å². The number of anilines is 1. The number of carbonyl (C=O) groups excluding carboxylic acids is 1. The van der Waals surface area contributed by atoms with Gasteiger partial charge in [-0.15, -0.1) is 0 Å². The third-order valence-corrected chi connectivity index (χ3v) is 6.53. The van der Waals surface area contributed by atoms with Gasteiger partial charge in [-0.05, 0) is 31.2 Å². The second-order valence-electron chi connectivity index (χ2n) is 6.30. The van der Waals surface area contributed by atoms with Gasteiger partial charge in [-0.1, -0.05) is 44.2 Å². The van der Waals surface area contributed by atoms with Crippen LogP contribution in [0, 0.1) is 0 Å². The van der Waals surface area contributed by atoms with Crippen molar-refractivity contribution in [3.8, 4) is 0 Å². The molecule has 3 N–H and O–H groups in total. The fourth-order valence-corrected chi connectivity index (χ4v) is 4.27. The summed E-state index contributed by atoms with van der Waals surface area (Å²) in [6, 6.07) is 16.3. The van der Waals surface area contributed by atoms with E-state index < -0.39 is 10.0 Å². The number of quaternary nitrogens is 1. The molecule has 0 bridgehead atoms. The Bertz CT molecular complexity index is 833. The molecule has 1 atom stereocenters. The molecule has 0 saturated carbocycles. The summed E-state index contributed by atoms with van der Waals surface area (Å²) in [5, 5.41) is 4.77. The average Bonchev–Trinajstić information content (AvgIpc) is 2.67. The van der Waals surface area contributed by atoms with E-state index in [0.717, 1.165) is 11.3 Å². The molecule has 0 spiro atoms. The number of nitrogens with one attached hydrogen (secondary N) is 1. The van der Waals surface area contributed by atoms with Crippen LogP contribution >= 0.6 is 0 Å². The van der Waals surface area contributed by atoms with Crippen LogP contribution in [-0.2, 0) is 14.8 Å². The summed E-state index contributed by atoms with van der Waals surface area (Å²) in [6.45, 7) is 6.82. The number of carbonyl (C=O) groups is 1. The predicted octanol–water partition coefficient (Wildman–Crippen LogP) is 1.98. The number of hydrogen-bond donors (Lipinski definition) is 2. The zero-order valence-electron chi connectivity index (χ0n) is 16.1. The van der Waals surface area contributed by atoms with E-state index in [1.807, 2.05) is 68.6 Å². The third kappa shape index (κ3) is 5.63. The molecule has 0 aliphatic heterocycles. The van der Waals surface area contributed by atoms with Crippen molar-refractivity contribution in [3.63, 3.8) is 0 Å². The maximum absolute atomic E-state index is 12.5. The van der Waals surface area contributed by atoms with Crippen LogP contribution in [0.2, 0.25) is 0 Å². The fraction of sp³-hybridized carbons (Fsp3) is 0.350. The van der Waals surface area contributed by atoms with Crippen LogP contribution in [0.15, 0.2) is 59.5 Å². The van der Waals surface area contributed by atoms with Gasteiger partial charge in [0.2, 0.25) is 10.0 Å². The van der Waals surface area contributed by atoms with E-state index in [2.05, 4.69) is 5.32 Å². The van der Waals surface area contributed by atoms with Crippen molar-refractivity contribution in [2.75, 3.05) is 25.0 Å². The number of para-hydroxylation sites is 1. The summed E-state index contributed by atoms with van der Waals surface area (Å²) in [5.74, 6) is -0.0752. The maximum Gasteiger partial charge on any atom is 0.279 e. The Kier molecular flexibility index (Phi) is 7.53. The number of amides is 1. The molecule has 2 aromatic rings. The molecule has 1 amide bonds. The van der Waals surface area contributed by atoms with Gasteiger partial charge in [0, 0.05) is 24.3 Å². The molecule has 7 heteroatoms. The van der Waals surface area contributed by atoms with Gasteiger partial charge in [-0.3, -0.25) is 4.79 Å². The van der Waals surface area contributed by atoms with Crippen molar-refractivity contribution in [2.45, 2.75) is 31.7 Å². The summed E-state index contributed by atoms with van der Waals surface area (Å²) in [7, 11) is -3.44. The van der Waals surface area contributed by atoms with Gasteiger partial charge in [-0.2, -0.15) is 4.31 Å². The van der Waals surface area contributed by atoms with Crippen molar-refractivity contribution < 1.29 is 18.5 Å². The van der Waals surface area contributed by atoms with Gasteiger partial charge in [-0.25, -0.2) is 8.42 Å². The van der Waals surface area contributed by atoms with Crippen LogP contribution in [0.25, 0.3) is 0 Å². The monoisotopic (exact) mass is 390 g/mol. The molecule has 146 valence electrons. The van der Waals surface area contributed by atoms with E-state index >= 15 is 0 Å². The lowest BCUT2D eigenvalue weighted by Gasteiger charge is -2.19. The number of sulfonamides is 1. The van der Waals surface area contributed by atoms with Gasteiger partial charge in [0.25, 0.3) is 5.91 Å². The second-order valence-corrected chi connectivity index (χ2v) is 8.24. The van der Waals surface area contributed by atoms with E-state index in [4.69, 9.17) is 0 Å². The molecule has 0 heterocycles. The summed E-state index contributed by atoms with van der Waals surface area (Å²) < 4.78 is 26.5. The summed E-state index contributed by atoms with van der Waals surface area (Å²) in [4.78, 5) is 12.3. The van der Waals surface area contributed by atoms with E-state index in [1.54, 1.807) is 12.1 Å². The molecular weight excluding hydrogens is 362 g/mol. The minimum absolute atomic E-state index is 0.0386. The maximum atomic E-state index is 12.5. The lowest BCUT2D eigenvalue weighted by molar-refractivity contribution is -0.682. The Morgan fingerprint density at radius 2 is 1.63 bits per heavy atom. The van der Waals surface area contributed by atoms with Gasteiger partial charge in [0.15, 0.2) is 6.54 Å². The van der Waals surface area contributed by atoms with E-state index in [9.17, 15) is 13.2 Å². The van der Waals surface area contributed by atoms with Crippen molar-refractivity contribution in [3.05, 3.63) is 60.2 Å². The molecule has 27 heavy (non-hydrogen) atoms. The van der Waals surface area contributed by atoms with E-state index in [-0.39, 0.29) is 18.5 Å².